The molecule has 21 heavy (non-hydrogen) atoms. The predicted octanol–water partition coefficient (Wildman–Crippen LogP) is 4.12. The van der Waals surface area contributed by atoms with Crippen LogP contribution >= 0.6 is 11.6 Å². The lowest BCUT2D eigenvalue weighted by molar-refractivity contribution is 0.415. The molecule has 0 saturated carbocycles. The number of rotatable bonds is 5. The Balaban J connectivity index is 1.72. The summed E-state index contributed by atoms with van der Waals surface area (Å²) in [6, 6.07) is 13.9. The van der Waals surface area contributed by atoms with Crippen molar-refractivity contribution in [3.8, 4) is 5.75 Å². The van der Waals surface area contributed by atoms with Gasteiger partial charge in [-0.05, 0) is 35.4 Å². The van der Waals surface area contributed by atoms with Gasteiger partial charge < -0.3 is 15.0 Å². The number of ether oxygens (including phenoxy) is 1. The van der Waals surface area contributed by atoms with Gasteiger partial charge in [0.05, 0.1) is 7.11 Å². The van der Waals surface area contributed by atoms with E-state index in [-0.39, 0.29) is 0 Å². The third kappa shape index (κ3) is 3.04. The van der Waals surface area contributed by atoms with E-state index in [1.807, 2.05) is 42.6 Å². The first-order chi connectivity index (χ1) is 10.3. The minimum Gasteiger partial charge on any atom is -0.497 e. The van der Waals surface area contributed by atoms with Gasteiger partial charge in [-0.2, -0.15) is 0 Å². The summed E-state index contributed by atoms with van der Waals surface area (Å²) in [5, 5.41) is 5.41. The van der Waals surface area contributed by atoms with Crippen LogP contribution in [0.1, 0.15) is 11.1 Å². The van der Waals surface area contributed by atoms with Crippen LogP contribution in [0, 0.1) is 0 Å². The van der Waals surface area contributed by atoms with Crippen LogP contribution in [0.4, 0.5) is 0 Å². The molecule has 2 N–H and O–H groups in total. The summed E-state index contributed by atoms with van der Waals surface area (Å²) in [4.78, 5) is 3.28. The molecule has 3 rings (SSSR count). The Kier molecular flexibility index (Phi) is 4.13. The van der Waals surface area contributed by atoms with E-state index in [4.69, 9.17) is 16.3 Å². The van der Waals surface area contributed by atoms with Gasteiger partial charge in [-0.25, -0.2) is 0 Å². The summed E-state index contributed by atoms with van der Waals surface area (Å²) in [5.74, 6) is 0.870. The highest BCUT2D eigenvalue weighted by atomic mass is 35.5. The fourth-order valence-electron chi connectivity index (χ4n) is 2.40. The minimum absolute atomic E-state index is 0.746. The van der Waals surface area contributed by atoms with Gasteiger partial charge in [-0.3, -0.25) is 0 Å². The molecule has 0 aliphatic rings. The van der Waals surface area contributed by atoms with Gasteiger partial charge >= 0.3 is 0 Å². The first-order valence-electron chi connectivity index (χ1n) is 6.86. The normalized spacial score (nSPS) is 11.0. The molecular formula is C17H17ClN2O. The van der Waals surface area contributed by atoms with Crippen LogP contribution in [0.2, 0.25) is 5.02 Å². The van der Waals surface area contributed by atoms with E-state index in [1.165, 1.54) is 10.9 Å². The molecule has 1 aromatic heterocycles. The quantitative estimate of drug-likeness (QED) is 0.744. The lowest BCUT2D eigenvalue weighted by Gasteiger charge is -2.06. The van der Waals surface area contributed by atoms with Gasteiger partial charge in [0.25, 0.3) is 0 Å². The number of hydrogen-bond acceptors (Lipinski definition) is 2. The molecule has 2 aromatic carbocycles. The van der Waals surface area contributed by atoms with Crippen LogP contribution in [0.25, 0.3) is 10.9 Å². The van der Waals surface area contributed by atoms with Crippen molar-refractivity contribution < 1.29 is 4.74 Å². The Morgan fingerprint density at radius 1 is 1.10 bits per heavy atom. The molecule has 0 unspecified atom stereocenters. The van der Waals surface area contributed by atoms with Crippen LogP contribution in [0.3, 0.4) is 0 Å². The summed E-state index contributed by atoms with van der Waals surface area (Å²) >= 11 is 6.16. The monoisotopic (exact) mass is 300 g/mol. The fourth-order valence-corrected chi connectivity index (χ4v) is 2.61. The molecule has 3 nitrogen and oxygen atoms in total. The summed E-state index contributed by atoms with van der Waals surface area (Å²) in [6.07, 6.45) is 2.03. The first kappa shape index (κ1) is 14.0. The van der Waals surface area contributed by atoms with Crippen LogP contribution in [-0.2, 0) is 13.1 Å². The van der Waals surface area contributed by atoms with Crippen molar-refractivity contribution in [3.05, 3.63) is 64.8 Å². The van der Waals surface area contributed by atoms with Crippen LogP contribution in [0.15, 0.2) is 48.7 Å². The third-order valence-electron chi connectivity index (χ3n) is 3.56. The van der Waals surface area contributed by atoms with E-state index < -0.39 is 0 Å². The molecule has 3 aromatic rings. The second-order valence-corrected chi connectivity index (χ2v) is 5.33. The van der Waals surface area contributed by atoms with Crippen molar-refractivity contribution in [2.75, 3.05) is 7.11 Å². The molecule has 0 atom stereocenters. The second-order valence-electron chi connectivity index (χ2n) is 4.92. The van der Waals surface area contributed by atoms with E-state index in [9.17, 15) is 0 Å². The fraction of sp³-hybridized carbons (Fsp3) is 0.176. The zero-order chi connectivity index (χ0) is 14.7. The molecule has 0 spiro atoms. The van der Waals surface area contributed by atoms with Gasteiger partial charge in [-0.15, -0.1) is 0 Å². The van der Waals surface area contributed by atoms with Crippen molar-refractivity contribution in [1.82, 2.24) is 10.3 Å². The Morgan fingerprint density at radius 3 is 2.71 bits per heavy atom. The van der Waals surface area contributed by atoms with Crippen LogP contribution < -0.4 is 10.1 Å². The number of nitrogens with one attached hydrogen (secondary N) is 2. The summed E-state index contributed by atoms with van der Waals surface area (Å²) in [5.41, 5.74) is 3.44. The van der Waals surface area contributed by atoms with Gasteiger partial charge in [-0.1, -0.05) is 29.8 Å². The molecular weight excluding hydrogens is 284 g/mol. The Hall–Kier alpha value is -1.97. The highest BCUT2D eigenvalue weighted by Crippen LogP contribution is 2.23. The maximum absolute atomic E-state index is 6.16. The average molecular weight is 301 g/mol. The topological polar surface area (TPSA) is 37.0 Å². The summed E-state index contributed by atoms with van der Waals surface area (Å²) in [6.45, 7) is 1.52. The predicted molar refractivity (Wildman–Crippen MR) is 86.8 cm³/mol. The molecule has 0 bridgehead atoms. The Bertz CT molecular complexity index is 751. The van der Waals surface area contributed by atoms with Gasteiger partial charge in [0.1, 0.15) is 5.75 Å². The van der Waals surface area contributed by atoms with Crippen molar-refractivity contribution in [3.63, 3.8) is 0 Å². The van der Waals surface area contributed by atoms with E-state index in [0.717, 1.165) is 34.9 Å². The van der Waals surface area contributed by atoms with Crippen LogP contribution in [-0.4, -0.2) is 12.1 Å². The standard InChI is InChI=1S/C17H17ClN2O/c1-21-14-6-7-17-15(8-14)13(11-20-17)10-19-9-12-4-2-3-5-16(12)18/h2-8,11,19-20H,9-10H2,1H3. The number of hydrogen-bond donors (Lipinski definition) is 2. The molecule has 4 heteroatoms. The minimum atomic E-state index is 0.746. The number of fused-ring (bicyclic) bond motifs is 1. The highest BCUT2D eigenvalue weighted by Gasteiger charge is 2.05. The first-order valence-corrected chi connectivity index (χ1v) is 7.24. The van der Waals surface area contributed by atoms with Crippen molar-refractivity contribution in [2.24, 2.45) is 0 Å². The molecule has 0 saturated heterocycles. The maximum Gasteiger partial charge on any atom is 0.119 e. The summed E-state index contributed by atoms with van der Waals surface area (Å²) in [7, 11) is 1.68. The molecule has 108 valence electrons. The van der Waals surface area contributed by atoms with Crippen molar-refractivity contribution in [1.29, 1.82) is 0 Å². The number of methoxy groups -OCH3 is 1. The van der Waals surface area contributed by atoms with E-state index >= 15 is 0 Å². The zero-order valence-corrected chi connectivity index (χ0v) is 12.6. The molecule has 1 heterocycles. The number of halogens is 1. The highest BCUT2D eigenvalue weighted by molar-refractivity contribution is 6.31. The van der Waals surface area contributed by atoms with Gasteiger partial charge in [0, 0.05) is 35.2 Å². The van der Waals surface area contributed by atoms with Crippen molar-refractivity contribution in [2.45, 2.75) is 13.1 Å². The molecule has 0 amide bonds. The average Bonchev–Trinajstić information content (AvgIpc) is 2.91. The molecule has 0 aliphatic heterocycles. The smallest absolute Gasteiger partial charge is 0.119 e. The number of aromatic amines is 1. The molecule has 0 fully saturated rings. The second kappa shape index (κ2) is 6.20. The third-order valence-corrected chi connectivity index (χ3v) is 3.93. The zero-order valence-electron chi connectivity index (χ0n) is 11.8. The van der Waals surface area contributed by atoms with Gasteiger partial charge in [0.15, 0.2) is 0 Å². The van der Waals surface area contributed by atoms with Crippen LogP contribution in [0.5, 0.6) is 5.75 Å². The molecule has 0 aliphatic carbocycles. The largest absolute Gasteiger partial charge is 0.497 e. The summed E-state index contributed by atoms with van der Waals surface area (Å²) < 4.78 is 5.28. The van der Waals surface area contributed by atoms with E-state index in [2.05, 4.69) is 16.4 Å². The van der Waals surface area contributed by atoms with E-state index in [1.54, 1.807) is 7.11 Å². The lowest BCUT2D eigenvalue weighted by atomic mass is 10.1. The van der Waals surface area contributed by atoms with E-state index in [0.29, 0.717) is 0 Å². The Labute approximate surface area is 128 Å². The van der Waals surface area contributed by atoms with Gasteiger partial charge in [0.2, 0.25) is 0 Å². The maximum atomic E-state index is 6.16. The van der Waals surface area contributed by atoms with Crippen molar-refractivity contribution >= 4 is 22.5 Å². The lowest BCUT2D eigenvalue weighted by Crippen LogP contribution is -2.12. The number of H-pyrrole nitrogens is 1. The number of benzene rings is 2. The number of aromatic nitrogens is 1. The SMILES string of the molecule is COc1ccc2[nH]cc(CNCc3ccccc3Cl)c2c1. The molecule has 0 radical (unpaired) electrons. The Morgan fingerprint density at radius 2 is 1.90 bits per heavy atom.